The summed E-state index contributed by atoms with van der Waals surface area (Å²) in [6.45, 7) is 1.27. The maximum atomic E-state index is 13.6. The second kappa shape index (κ2) is 8.91. The molecule has 0 aliphatic carbocycles. The summed E-state index contributed by atoms with van der Waals surface area (Å²) >= 11 is 1.08. The molecule has 0 aliphatic heterocycles. The summed E-state index contributed by atoms with van der Waals surface area (Å²) in [5, 5.41) is 2.55. The number of nitrogens with one attached hydrogen (secondary N) is 1. The number of halogens is 3. The molecule has 0 saturated carbocycles. The van der Waals surface area contributed by atoms with E-state index in [0.29, 0.717) is 22.1 Å². The fourth-order valence-electron chi connectivity index (χ4n) is 2.28. The van der Waals surface area contributed by atoms with Gasteiger partial charge in [0.2, 0.25) is 0 Å². The van der Waals surface area contributed by atoms with Crippen LogP contribution in [0.25, 0.3) is 11.0 Å². The molecular formula is C19H14F3N3O3S. The van der Waals surface area contributed by atoms with E-state index in [-0.39, 0.29) is 5.75 Å². The van der Waals surface area contributed by atoms with E-state index in [1.54, 1.807) is 12.1 Å². The number of hydrogen-bond acceptors (Lipinski definition) is 6. The molecule has 1 amide bonds. The lowest BCUT2D eigenvalue weighted by molar-refractivity contribution is -0.150. The summed E-state index contributed by atoms with van der Waals surface area (Å²) in [4.78, 5) is 32.5. The molecule has 10 heteroatoms. The normalized spacial score (nSPS) is 11.9. The van der Waals surface area contributed by atoms with Gasteiger partial charge in [0.25, 0.3) is 5.91 Å². The third-order valence-electron chi connectivity index (χ3n) is 3.73. The summed E-state index contributed by atoms with van der Waals surface area (Å²) in [6.07, 6.45) is 0.237. The number of aromatic nitrogens is 2. The lowest BCUT2D eigenvalue weighted by Crippen LogP contribution is -2.31. The number of para-hydroxylation sites is 2. The van der Waals surface area contributed by atoms with E-state index in [1.807, 2.05) is 12.1 Å². The summed E-state index contributed by atoms with van der Waals surface area (Å²) in [5.74, 6) is -6.36. The van der Waals surface area contributed by atoms with Crippen LogP contribution >= 0.6 is 11.8 Å². The quantitative estimate of drug-likeness (QED) is 0.371. The fourth-order valence-corrected chi connectivity index (χ4v) is 2.91. The molecular weight excluding hydrogens is 407 g/mol. The Kier molecular flexibility index (Phi) is 6.32. The summed E-state index contributed by atoms with van der Waals surface area (Å²) in [6, 6.07) is 8.78. The van der Waals surface area contributed by atoms with Crippen molar-refractivity contribution in [2.24, 2.45) is 0 Å². The molecule has 1 N–H and O–H groups in total. The van der Waals surface area contributed by atoms with Gasteiger partial charge in [-0.3, -0.25) is 14.6 Å². The number of rotatable bonds is 6. The predicted molar refractivity (Wildman–Crippen MR) is 101 cm³/mol. The number of ether oxygens (including phenoxy) is 1. The standard InChI is InChI=1S/C19H14F3N3O3S/c1-10(19(27)25-14-7-6-11(20)17(21)18(14)22)28-16(26)9-29-15-8-23-12-4-2-3-5-13(12)24-15/h2-8,10H,9H2,1H3,(H,25,27). The summed E-state index contributed by atoms with van der Waals surface area (Å²) in [7, 11) is 0. The molecule has 1 heterocycles. The minimum atomic E-state index is -1.71. The van der Waals surface area contributed by atoms with Crippen LogP contribution in [0.5, 0.6) is 0 Å². The molecule has 3 rings (SSSR count). The van der Waals surface area contributed by atoms with Crippen LogP contribution < -0.4 is 5.32 Å². The minimum absolute atomic E-state index is 0.135. The molecule has 0 fully saturated rings. The van der Waals surface area contributed by atoms with Crippen molar-refractivity contribution >= 4 is 40.4 Å². The van der Waals surface area contributed by atoms with E-state index in [1.165, 1.54) is 13.1 Å². The smallest absolute Gasteiger partial charge is 0.317 e. The van der Waals surface area contributed by atoms with Crippen molar-refractivity contribution in [3.05, 3.63) is 60.0 Å². The Labute approximate surface area is 167 Å². The van der Waals surface area contributed by atoms with Gasteiger partial charge < -0.3 is 10.1 Å². The van der Waals surface area contributed by atoms with E-state index in [9.17, 15) is 22.8 Å². The van der Waals surface area contributed by atoms with Crippen LogP contribution in [0.15, 0.2) is 47.6 Å². The molecule has 29 heavy (non-hydrogen) atoms. The SMILES string of the molecule is CC(OC(=O)CSc1cnc2ccccc2n1)C(=O)Nc1ccc(F)c(F)c1F. The highest BCUT2D eigenvalue weighted by molar-refractivity contribution is 7.99. The lowest BCUT2D eigenvalue weighted by Gasteiger charge is -2.14. The molecule has 0 saturated heterocycles. The molecule has 150 valence electrons. The van der Waals surface area contributed by atoms with E-state index in [0.717, 1.165) is 17.8 Å². The molecule has 1 atom stereocenters. The van der Waals surface area contributed by atoms with Crippen LogP contribution in [-0.2, 0) is 14.3 Å². The maximum absolute atomic E-state index is 13.6. The summed E-state index contributed by atoms with van der Waals surface area (Å²) in [5.41, 5.74) is 0.832. The number of anilines is 1. The van der Waals surface area contributed by atoms with Crippen LogP contribution in [-0.4, -0.2) is 33.7 Å². The van der Waals surface area contributed by atoms with Crippen molar-refractivity contribution in [3.63, 3.8) is 0 Å². The second-order valence-corrected chi connectivity index (χ2v) is 6.83. The van der Waals surface area contributed by atoms with Crippen LogP contribution in [0, 0.1) is 17.5 Å². The van der Waals surface area contributed by atoms with Crippen molar-refractivity contribution in [2.45, 2.75) is 18.1 Å². The largest absolute Gasteiger partial charge is 0.452 e. The zero-order valence-electron chi connectivity index (χ0n) is 15.0. The Bertz CT molecular complexity index is 1080. The lowest BCUT2D eigenvalue weighted by atomic mass is 10.2. The van der Waals surface area contributed by atoms with E-state index in [4.69, 9.17) is 4.74 Å². The van der Waals surface area contributed by atoms with Gasteiger partial charge in [0.15, 0.2) is 23.6 Å². The summed E-state index contributed by atoms with van der Waals surface area (Å²) < 4.78 is 44.7. The molecule has 6 nitrogen and oxygen atoms in total. The van der Waals surface area contributed by atoms with Gasteiger partial charge in [-0.05, 0) is 31.2 Å². The number of carbonyl (C=O) groups is 2. The maximum Gasteiger partial charge on any atom is 0.317 e. The Hall–Kier alpha value is -3.14. The number of fused-ring (bicyclic) bond motifs is 1. The zero-order valence-corrected chi connectivity index (χ0v) is 15.8. The van der Waals surface area contributed by atoms with Crippen molar-refractivity contribution in [2.75, 3.05) is 11.1 Å². The molecule has 2 aromatic carbocycles. The van der Waals surface area contributed by atoms with Crippen molar-refractivity contribution in [1.82, 2.24) is 9.97 Å². The fraction of sp³-hybridized carbons (Fsp3) is 0.158. The van der Waals surface area contributed by atoms with Crippen molar-refractivity contribution < 1.29 is 27.5 Å². The molecule has 0 bridgehead atoms. The number of benzene rings is 2. The number of thioether (sulfide) groups is 1. The van der Waals surface area contributed by atoms with Gasteiger partial charge in [0.05, 0.1) is 28.7 Å². The third kappa shape index (κ3) is 5.02. The third-order valence-corrected chi connectivity index (χ3v) is 4.61. The van der Waals surface area contributed by atoms with E-state index < -0.39 is 41.1 Å². The molecule has 0 aliphatic rings. The number of carbonyl (C=O) groups excluding carboxylic acids is 2. The highest BCUT2D eigenvalue weighted by Gasteiger charge is 2.21. The number of nitrogens with zero attached hydrogens (tertiary/aromatic N) is 2. The van der Waals surface area contributed by atoms with Gasteiger partial charge in [-0.25, -0.2) is 18.2 Å². The van der Waals surface area contributed by atoms with E-state index in [2.05, 4.69) is 15.3 Å². The Morgan fingerprint density at radius 3 is 2.59 bits per heavy atom. The second-order valence-electron chi connectivity index (χ2n) is 5.83. The van der Waals surface area contributed by atoms with Crippen molar-refractivity contribution in [3.8, 4) is 0 Å². The minimum Gasteiger partial charge on any atom is -0.452 e. The van der Waals surface area contributed by atoms with Crippen LogP contribution in [0.1, 0.15) is 6.92 Å². The topological polar surface area (TPSA) is 81.2 Å². The Balaban J connectivity index is 1.54. The van der Waals surface area contributed by atoms with Gasteiger partial charge >= 0.3 is 5.97 Å². The van der Waals surface area contributed by atoms with Crippen molar-refractivity contribution in [1.29, 1.82) is 0 Å². The van der Waals surface area contributed by atoms with Gasteiger partial charge in [0.1, 0.15) is 5.03 Å². The molecule has 1 aromatic heterocycles. The monoisotopic (exact) mass is 421 g/mol. The highest BCUT2D eigenvalue weighted by Crippen LogP contribution is 2.21. The van der Waals surface area contributed by atoms with Crippen LogP contribution in [0.2, 0.25) is 0 Å². The van der Waals surface area contributed by atoms with E-state index >= 15 is 0 Å². The Morgan fingerprint density at radius 2 is 1.83 bits per heavy atom. The predicted octanol–water partition coefficient (Wildman–Crippen LogP) is 3.71. The Morgan fingerprint density at radius 1 is 1.10 bits per heavy atom. The average molecular weight is 421 g/mol. The molecule has 0 radical (unpaired) electrons. The number of hydrogen-bond donors (Lipinski definition) is 1. The van der Waals surface area contributed by atoms with Crippen LogP contribution in [0.4, 0.5) is 18.9 Å². The average Bonchev–Trinajstić information content (AvgIpc) is 2.72. The first-order valence-corrected chi connectivity index (χ1v) is 9.32. The molecule has 0 spiro atoms. The molecule has 1 unspecified atom stereocenters. The number of amides is 1. The first-order valence-electron chi connectivity index (χ1n) is 8.33. The van der Waals surface area contributed by atoms with Gasteiger partial charge in [-0.15, -0.1) is 0 Å². The first kappa shape index (κ1) is 20.6. The zero-order chi connectivity index (χ0) is 21.0. The van der Waals surface area contributed by atoms with Crippen LogP contribution in [0.3, 0.4) is 0 Å². The molecule has 3 aromatic rings. The highest BCUT2D eigenvalue weighted by atomic mass is 32.2. The van der Waals surface area contributed by atoms with Gasteiger partial charge in [-0.2, -0.15) is 0 Å². The van der Waals surface area contributed by atoms with Gasteiger partial charge in [-0.1, -0.05) is 23.9 Å². The van der Waals surface area contributed by atoms with Gasteiger partial charge in [0, 0.05) is 0 Å². The first-order chi connectivity index (χ1) is 13.8. The number of esters is 1.